The van der Waals surface area contributed by atoms with Gasteiger partial charge in [0.1, 0.15) is 0 Å². The molecule has 0 radical (unpaired) electrons. The summed E-state index contributed by atoms with van der Waals surface area (Å²) in [6.45, 7) is 8.15. The molecule has 3 nitrogen and oxygen atoms in total. The maximum Gasteiger partial charge on any atom is 0.310 e. The molecule has 104 valence electrons. The van der Waals surface area contributed by atoms with E-state index < -0.39 is 0 Å². The van der Waals surface area contributed by atoms with Crippen molar-refractivity contribution < 1.29 is 9.53 Å². The fraction of sp³-hybridized carbons (Fsp3) is 0.562. The van der Waals surface area contributed by atoms with Crippen LogP contribution in [0.4, 0.5) is 5.69 Å². The van der Waals surface area contributed by atoms with Crippen molar-refractivity contribution in [3.63, 3.8) is 0 Å². The summed E-state index contributed by atoms with van der Waals surface area (Å²) >= 11 is 0. The number of carbonyl (C=O) groups excluding carboxylic acids is 1. The average molecular weight is 261 g/mol. The zero-order valence-corrected chi connectivity index (χ0v) is 12.1. The fourth-order valence-electron chi connectivity index (χ4n) is 2.68. The Kier molecular flexibility index (Phi) is 4.46. The van der Waals surface area contributed by atoms with Gasteiger partial charge in [0.05, 0.1) is 12.5 Å². The Balaban J connectivity index is 2.09. The van der Waals surface area contributed by atoms with Crippen molar-refractivity contribution >= 4 is 11.7 Å². The molecule has 0 fully saturated rings. The Labute approximate surface area is 115 Å². The molecule has 0 aliphatic carbocycles. The highest BCUT2D eigenvalue weighted by atomic mass is 16.5. The van der Waals surface area contributed by atoms with Crippen LogP contribution in [0, 0.1) is 12.8 Å². The minimum absolute atomic E-state index is 0.0767. The number of hydrogen-bond acceptors (Lipinski definition) is 3. The van der Waals surface area contributed by atoms with E-state index in [0.717, 1.165) is 25.9 Å². The summed E-state index contributed by atoms with van der Waals surface area (Å²) in [5, 5.41) is 0. The highest BCUT2D eigenvalue weighted by molar-refractivity contribution is 5.73. The summed E-state index contributed by atoms with van der Waals surface area (Å²) in [5.74, 6) is -0.172. The highest BCUT2D eigenvalue weighted by Crippen LogP contribution is 2.28. The molecule has 1 aromatic carbocycles. The molecule has 1 heterocycles. The van der Waals surface area contributed by atoms with Crippen molar-refractivity contribution in [2.75, 3.05) is 24.6 Å². The van der Waals surface area contributed by atoms with Gasteiger partial charge in [-0.25, -0.2) is 0 Å². The number of fused-ring (bicyclic) bond motifs is 1. The summed E-state index contributed by atoms with van der Waals surface area (Å²) in [5.41, 5.74) is 3.99. The Morgan fingerprint density at radius 1 is 1.47 bits per heavy atom. The molecule has 1 aliphatic heterocycles. The van der Waals surface area contributed by atoms with E-state index in [0.29, 0.717) is 6.61 Å². The van der Waals surface area contributed by atoms with Crippen molar-refractivity contribution in [2.45, 2.75) is 33.6 Å². The Bertz CT molecular complexity index is 456. The van der Waals surface area contributed by atoms with Gasteiger partial charge < -0.3 is 9.64 Å². The maximum atomic E-state index is 11.7. The molecule has 1 unspecified atom stereocenters. The molecule has 1 aromatic rings. The van der Waals surface area contributed by atoms with Crippen molar-refractivity contribution in [3.8, 4) is 0 Å². The minimum Gasteiger partial charge on any atom is -0.466 e. The molecule has 0 amide bonds. The van der Waals surface area contributed by atoms with Crippen LogP contribution in [0.2, 0.25) is 0 Å². The van der Waals surface area contributed by atoms with Crippen molar-refractivity contribution in [1.82, 2.24) is 0 Å². The molecule has 19 heavy (non-hydrogen) atoms. The lowest BCUT2D eigenvalue weighted by Crippen LogP contribution is -2.36. The first-order chi connectivity index (χ1) is 9.11. The number of nitrogens with zero attached hydrogens (tertiary/aromatic N) is 1. The third-order valence-electron chi connectivity index (χ3n) is 3.63. The topological polar surface area (TPSA) is 29.5 Å². The molecule has 0 bridgehead atoms. The Hall–Kier alpha value is -1.51. The molecule has 1 atom stereocenters. The first-order valence-electron chi connectivity index (χ1n) is 7.13. The summed E-state index contributed by atoms with van der Waals surface area (Å²) in [4.78, 5) is 14.1. The predicted molar refractivity (Wildman–Crippen MR) is 77.5 cm³/mol. The van der Waals surface area contributed by atoms with Crippen LogP contribution < -0.4 is 4.90 Å². The summed E-state index contributed by atoms with van der Waals surface area (Å²) < 4.78 is 5.09. The van der Waals surface area contributed by atoms with E-state index in [9.17, 15) is 4.79 Å². The van der Waals surface area contributed by atoms with Crippen LogP contribution in [0.15, 0.2) is 18.2 Å². The lowest BCUT2D eigenvalue weighted by atomic mass is 9.98. The zero-order valence-electron chi connectivity index (χ0n) is 12.1. The normalized spacial score (nSPS) is 15.8. The van der Waals surface area contributed by atoms with E-state index in [-0.39, 0.29) is 11.9 Å². The van der Waals surface area contributed by atoms with Gasteiger partial charge in [-0.3, -0.25) is 4.79 Å². The molecular weight excluding hydrogens is 238 g/mol. The number of aryl methyl sites for hydroxylation is 2. The van der Waals surface area contributed by atoms with Gasteiger partial charge >= 0.3 is 5.97 Å². The summed E-state index contributed by atoms with van der Waals surface area (Å²) in [7, 11) is 0. The van der Waals surface area contributed by atoms with Crippen LogP contribution in [0.5, 0.6) is 0 Å². The Morgan fingerprint density at radius 3 is 3.00 bits per heavy atom. The third kappa shape index (κ3) is 3.28. The monoisotopic (exact) mass is 261 g/mol. The third-order valence-corrected chi connectivity index (χ3v) is 3.63. The maximum absolute atomic E-state index is 11.7. The Morgan fingerprint density at radius 2 is 2.26 bits per heavy atom. The van der Waals surface area contributed by atoms with E-state index >= 15 is 0 Å². The molecule has 3 heteroatoms. The first-order valence-corrected chi connectivity index (χ1v) is 7.13. The highest BCUT2D eigenvalue weighted by Gasteiger charge is 2.22. The lowest BCUT2D eigenvalue weighted by molar-refractivity contribution is -0.147. The number of ether oxygens (including phenoxy) is 1. The minimum atomic E-state index is -0.0956. The number of hydrogen-bond donors (Lipinski definition) is 0. The molecule has 0 aromatic heterocycles. The second-order valence-electron chi connectivity index (χ2n) is 5.33. The van der Waals surface area contributed by atoms with Crippen molar-refractivity contribution in [1.29, 1.82) is 0 Å². The van der Waals surface area contributed by atoms with Gasteiger partial charge in [0.2, 0.25) is 0 Å². The van der Waals surface area contributed by atoms with Crippen LogP contribution in [0.3, 0.4) is 0 Å². The molecular formula is C16H23NO2. The number of rotatable bonds is 4. The summed E-state index contributed by atoms with van der Waals surface area (Å²) in [6.07, 6.45) is 2.30. The summed E-state index contributed by atoms with van der Waals surface area (Å²) in [6, 6.07) is 6.59. The van der Waals surface area contributed by atoms with Crippen LogP contribution in [0.25, 0.3) is 0 Å². The predicted octanol–water partition coefficient (Wildman–Crippen LogP) is 2.95. The van der Waals surface area contributed by atoms with Crippen LogP contribution in [-0.4, -0.2) is 25.7 Å². The molecule has 2 rings (SSSR count). The second kappa shape index (κ2) is 6.09. The van der Waals surface area contributed by atoms with Gasteiger partial charge in [-0.15, -0.1) is 0 Å². The van der Waals surface area contributed by atoms with Gasteiger partial charge in [0, 0.05) is 18.8 Å². The fourth-order valence-corrected chi connectivity index (χ4v) is 2.68. The van der Waals surface area contributed by atoms with E-state index in [4.69, 9.17) is 4.74 Å². The molecule has 0 saturated carbocycles. The van der Waals surface area contributed by atoms with E-state index in [2.05, 4.69) is 30.0 Å². The molecule has 1 aliphatic rings. The van der Waals surface area contributed by atoms with Crippen LogP contribution >= 0.6 is 0 Å². The first kappa shape index (κ1) is 13.9. The van der Waals surface area contributed by atoms with Gasteiger partial charge in [-0.05, 0) is 38.3 Å². The largest absolute Gasteiger partial charge is 0.466 e. The standard InChI is InChI=1S/C16H23NO2/c1-4-19-16(18)13(3)11-17-9-5-6-14-10-12(2)7-8-15(14)17/h7-8,10,13H,4-6,9,11H2,1-3H3. The van der Waals surface area contributed by atoms with E-state index in [1.165, 1.54) is 16.8 Å². The smallest absolute Gasteiger partial charge is 0.310 e. The van der Waals surface area contributed by atoms with Gasteiger partial charge in [-0.2, -0.15) is 0 Å². The van der Waals surface area contributed by atoms with Gasteiger partial charge in [-0.1, -0.05) is 24.6 Å². The lowest BCUT2D eigenvalue weighted by Gasteiger charge is -2.33. The quantitative estimate of drug-likeness (QED) is 0.780. The molecule has 0 spiro atoms. The van der Waals surface area contributed by atoms with E-state index in [1.54, 1.807) is 0 Å². The van der Waals surface area contributed by atoms with Crippen molar-refractivity contribution in [2.24, 2.45) is 5.92 Å². The number of anilines is 1. The molecule has 0 saturated heterocycles. The zero-order chi connectivity index (χ0) is 13.8. The van der Waals surface area contributed by atoms with Gasteiger partial charge in [0.15, 0.2) is 0 Å². The molecule has 0 N–H and O–H groups in total. The van der Waals surface area contributed by atoms with Crippen molar-refractivity contribution in [3.05, 3.63) is 29.3 Å². The average Bonchev–Trinajstić information content (AvgIpc) is 2.38. The van der Waals surface area contributed by atoms with Crippen LogP contribution in [-0.2, 0) is 16.0 Å². The van der Waals surface area contributed by atoms with Gasteiger partial charge in [0.25, 0.3) is 0 Å². The number of esters is 1. The van der Waals surface area contributed by atoms with E-state index in [1.807, 2.05) is 13.8 Å². The van der Waals surface area contributed by atoms with Crippen LogP contribution in [0.1, 0.15) is 31.4 Å². The second-order valence-corrected chi connectivity index (χ2v) is 5.33. The number of benzene rings is 1. The number of carbonyl (C=O) groups is 1. The SMILES string of the molecule is CCOC(=O)C(C)CN1CCCc2cc(C)ccc21.